The van der Waals surface area contributed by atoms with Crippen LogP contribution < -0.4 is 4.74 Å². The van der Waals surface area contributed by atoms with E-state index >= 15 is 0 Å². The maximum atomic E-state index is 12.8. The van der Waals surface area contributed by atoms with Crippen molar-refractivity contribution in [1.82, 2.24) is 14.7 Å². The Kier molecular flexibility index (Phi) is 6.68. The van der Waals surface area contributed by atoms with Crippen LogP contribution in [0.3, 0.4) is 0 Å². The first-order valence-electron chi connectivity index (χ1n) is 9.31. The molecule has 0 spiro atoms. The molecule has 3 rings (SSSR count). The molecule has 1 amide bonds. The molecule has 0 N–H and O–H groups in total. The fraction of sp³-hybridized carbons (Fsp3) is 0.238. The van der Waals surface area contributed by atoms with Gasteiger partial charge in [0.25, 0.3) is 11.6 Å². The second-order valence-corrected chi connectivity index (χ2v) is 7.09. The van der Waals surface area contributed by atoms with Crippen LogP contribution in [0.2, 0.25) is 5.02 Å². The van der Waals surface area contributed by atoms with Gasteiger partial charge in [-0.15, -0.1) is 0 Å². The van der Waals surface area contributed by atoms with Crippen LogP contribution in [0.1, 0.15) is 28.5 Å². The van der Waals surface area contributed by atoms with Gasteiger partial charge in [-0.25, -0.2) is 0 Å². The number of benzene rings is 2. The number of hydrogen-bond donors (Lipinski definition) is 0. The predicted octanol–water partition coefficient (Wildman–Crippen LogP) is 4.32. The number of nitrogens with zero attached hydrogens (tertiary/aromatic N) is 4. The van der Waals surface area contributed by atoms with Crippen molar-refractivity contribution < 1.29 is 14.5 Å². The number of ether oxygens (including phenoxy) is 1. The van der Waals surface area contributed by atoms with E-state index < -0.39 is 4.92 Å². The Balaban J connectivity index is 1.64. The van der Waals surface area contributed by atoms with Crippen LogP contribution in [0, 0.1) is 10.1 Å². The fourth-order valence-electron chi connectivity index (χ4n) is 2.85. The van der Waals surface area contributed by atoms with Gasteiger partial charge >= 0.3 is 0 Å². The van der Waals surface area contributed by atoms with Crippen molar-refractivity contribution in [1.29, 1.82) is 0 Å². The Hall–Kier alpha value is -3.39. The number of nitro groups is 1. The zero-order chi connectivity index (χ0) is 21.7. The molecule has 1 aromatic heterocycles. The topological polar surface area (TPSA) is 90.5 Å². The highest BCUT2D eigenvalue weighted by Crippen LogP contribution is 2.20. The zero-order valence-electron chi connectivity index (χ0n) is 16.6. The Morgan fingerprint density at radius 3 is 2.63 bits per heavy atom. The van der Waals surface area contributed by atoms with Gasteiger partial charge in [0.05, 0.1) is 16.5 Å². The molecule has 0 radical (unpaired) electrons. The largest absolute Gasteiger partial charge is 0.489 e. The molecule has 2 aromatic carbocycles. The SMILES string of the molecule is CCn1cc(Cl)c(CN(C)C(=O)c2cccc(COc3ccc([N+](=O)[O-])cc3)c2)n1. The highest BCUT2D eigenvalue weighted by atomic mass is 35.5. The lowest BCUT2D eigenvalue weighted by Crippen LogP contribution is -2.26. The minimum absolute atomic E-state index is 0.00172. The normalized spacial score (nSPS) is 10.6. The maximum absolute atomic E-state index is 12.8. The summed E-state index contributed by atoms with van der Waals surface area (Å²) in [6.45, 7) is 3.20. The number of aryl methyl sites for hydroxylation is 1. The Labute approximate surface area is 178 Å². The van der Waals surface area contributed by atoms with E-state index in [1.54, 1.807) is 53.2 Å². The number of carbonyl (C=O) groups excluding carboxylic acids is 1. The van der Waals surface area contributed by atoms with E-state index in [1.165, 1.54) is 12.1 Å². The van der Waals surface area contributed by atoms with Gasteiger partial charge in [-0.2, -0.15) is 5.10 Å². The number of halogens is 1. The van der Waals surface area contributed by atoms with Crippen molar-refractivity contribution in [3.05, 3.63) is 86.7 Å². The molecule has 0 saturated carbocycles. The van der Waals surface area contributed by atoms with Gasteiger partial charge in [0, 0.05) is 37.5 Å². The first-order chi connectivity index (χ1) is 14.4. The van der Waals surface area contributed by atoms with E-state index in [-0.39, 0.29) is 18.2 Å². The average molecular weight is 429 g/mol. The van der Waals surface area contributed by atoms with Crippen molar-refractivity contribution in [2.24, 2.45) is 0 Å². The molecular weight excluding hydrogens is 408 g/mol. The minimum Gasteiger partial charge on any atom is -0.489 e. The first-order valence-corrected chi connectivity index (χ1v) is 9.68. The molecule has 156 valence electrons. The Morgan fingerprint density at radius 2 is 2.00 bits per heavy atom. The lowest BCUT2D eigenvalue weighted by atomic mass is 10.1. The fourth-order valence-corrected chi connectivity index (χ4v) is 3.06. The number of hydrogen-bond acceptors (Lipinski definition) is 5. The summed E-state index contributed by atoms with van der Waals surface area (Å²) in [7, 11) is 1.70. The second kappa shape index (κ2) is 9.41. The third-order valence-electron chi connectivity index (χ3n) is 4.47. The molecule has 3 aromatic rings. The molecule has 0 unspecified atom stereocenters. The predicted molar refractivity (Wildman–Crippen MR) is 113 cm³/mol. The van der Waals surface area contributed by atoms with Crippen LogP contribution in [0.25, 0.3) is 0 Å². The minimum atomic E-state index is -0.463. The number of rotatable bonds is 8. The van der Waals surface area contributed by atoms with E-state index in [4.69, 9.17) is 16.3 Å². The smallest absolute Gasteiger partial charge is 0.269 e. The first kappa shape index (κ1) is 21.3. The van der Waals surface area contributed by atoms with Crippen LogP contribution in [0.4, 0.5) is 5.69 Å². The number of amides is 1. The monoisotopic (exact) mass is 428 g/mol. The number of carbonyl (C=O) groups is 1. The van der Waals surface area contributed by atoms with Crippen molar-refractivity contribution in [3.63, 3.8) is 0 Å². The third kappa shape index (κ3) is 5.15. The third-order valence-corrected chi connectivity index (χ3v) is 4.79. The van der Waals surface area contributed by atoms with E-state index in [0.29, 0.717) is 35.1 Å². The van der Waals surface area contributed by atoms with Gasteiger partial charge in [-0.1, -0.05) is 23.7 Å². The Bertz CT molecular complexity index is 1050. The summed E-state index contributed by atoms with van der Waals surface area (Å²) in [5, 5.41) is 15.6. The lowest BCUT2D eigenvalue weighted by Gasteiger charge is -2.17. The number of aromatic nitrogens is 2. The summed E-state index contributed by atoms with van der Waals surface area (Å²) in [5.41, 5.74) is 1.98. The molecule has 30 heavy (non-hydrogen) atoms. The standard InChI is InChI=1S/C21H21ClN4O4/c1-3-25-12-19(22)20(23-25)13-24(2)21(27)16-6-4-5-15(11-16)14-30-18-9-7-17(8-10-18)26(28)29/h4-12H,3,13-14H2,1-2H3. The quantitative estimate of drug-likeness (QED) is 0.393. The summed E-state index contributed by atoms with van der Waals surface area (Å²) < 4.78 is 7.40. The van der Waals surface area contributed by atoms with Crippen LogP contribution in [0.15, 0.2) is 54.7 Å². The number of nitro benzene ring substituents is 1. The van der Waals surface area contributed by atoms with Gasteiger partial charge in [-0.3, -0.25) is 19.6 Å². The molecule has 0 aliphatic carbocycles. The summed E-state index contributed by atoms with van der Waals surface area (Å²) in [5.74, 6) is 0.352. The summed E-state index contributed by atoms with van der Waals surface area (Å²) in [6.07, 6.45) is 1.74. The average Bonchev–Trinajstić information content (AvgIpc) is 3.11. The van der Waals surface area contributed by atoms with Crippen molar-refractivity contribution >= 4 is 23.2 Å². The van der Waals surface area contributed by atoms with Gasteiger partial charge in [0.1, 0.15) is 18.1 Å². The van der Waals surface area contributed by atoms with Crippen molar-refractivity contribution in [2.75, 3.05) is 7.05 Å². The van der Waals surface area contributed by atoms with Gasteiger partial charge < -0.3 is 9.64 Å². The van der Waals surface area contributed by atoms with Gasteiger partial charge in [0.15, 0.2) is 0 Å². The highest BCUT2D eigenvalue weighted by Gasteiger charge is 2.16. The van der Waals surface area contributed by atoms with Crippen LogP contribution in [-0.4, -0.2) is 32.6 Å². The summed E-state index contributed by atoms with van der Waals surface area (Å²) >= 11 is 6.20. The molecule has 8 nitrogen and oxygen atoms in total. The second-order valence-electron chi connectivity index (χ2n) is 6.68. The molecule has 1 heterocycles. The van der Waals surface area contributed by atoms with Crippen LogP contribution >= 0.6 is 11.6 Å². The lowest BCUT2D eigenvalue weighted by molar-refractivity contribution is -0.384. The molecule has 0 aliphatic rings. The molecule has 9 heteroatoms. The van der Waals surface area contributed by atoms with Gasteiger partial charge in [-0.05, 0) is 36.8 Å². The Morgan fingerprint density at radius 1 is 1.27 bits per heavy atom. The molecule has 0 bridgehead atoms. The molecule has 0 fully saturated rings. The van der Waals surface area contributed by atoms with Crippen molar-refractivity contribution in [3.8, 4) is 5.75 Å². The number of non-ortho nitro benzene ring substituents is 1. The van der Waals surface area contributed by atoms with Crippen LogP contribution in [0.5, 0.6) is 5.75 Å². The van der Waals surface area contributed by atoms with Gasteiger partial charge in [0.2, 0.25) is 0 Å². The summed E-state index contributed by atoms with van der Waals surface area (Å²) in [6, 6.07) is 13.0. The van der Waals surface area contributed by atoms with E-state index in [9.17, 15) is 14.9 Å². The van der Waals surface area contributed by atoms with E-state index in [1.807, 2.05) is 13.0 Å². The molecular formula is C21H21ClN4O4. The van der Waals surface area contributed by atoms with Crippen molar-refractivity contribution in [2.45, 2.75) is 26.6 Å². The molecule has 0 aliphatic heterocycles. The van der Waals surface area contributed by atoms with E-state index in [2.05, 4.69) is 5.10 Å². The van der Waals surface area contributed by atoms with Crippen LogP contribution in [-0.2, 0) is 19.7 Å². The van der Waals surface area contributed by atoms with E-state index in [0.717, 1.165) is 5.56 Å². The summed E-state index contributed by atoms with van der Waals surface area (Å²) in [4.78, 5) is 24.6. The highest BCUT2D eigenvalue weighted by molar-refractivity contribution is 6.31. The molecule has 0 atom stereocenters. The zero-order valence-corrected chi connectivity index (χ0v) is 17.4. The molecule has 0 saturated heterocycles. The maximum Gasteiger partial charge on any atom is 0.269 e.